The number of anilines is 2. The number of hydrogen-bond donors (Lipinski definition) is 2. The molecular weight excluding hydrogens is 459 g/mol. The number of amides is 1. The first-order valence-corrected chi connectivity index (χ1v) is 11.9. The van der Waals surface area contributed by atoms with Crippen LogP contribution < -0.4 is 15.8 Å². The van der Waals surface area contributed by atoms with E-state index in [1.807, 2.05) is 19.1 Å². The molecule has 3 N–H and O–H groups in total. The standard InChI is InChI=1S/C26H28F3N3O3/c1-15(17-4-5-17)35-25(33)31-19-8-6-18(7-9-19)24-23(30)21-11-10-20(34-14-26(27,28)29)12-22(21)32(24)13-16-2-3-16/h6-12,15-17H,2-5,13-14,30H2,1H3,(H,31,33)/t15-/m1/s1. The van der Waals surface area contributed by atoms with Crippen molar-refractivity contribution >= 4 is 28.4 Å². The van der Waals surface area contributed by atoms with Crippen LogP contribution in [0.1, 0.15) is 32.6 Å². The van der Waals surface area contributed by atoms with Gasteiger partial charge < -0.3 is 19.8 Å². The molecule has 2 aromatic carbocycles. The summed E-state index contributed by atoms with van der Waals surface area (Å²) in [6, 6.07) is 12.1. The second kappa shape index (κ2) is 9.02. The molecule has 0 radical (unpaired) electrons. The quantitative estimate of drug-likeness (QED) is 0.376. The molecule has 2 aliphatic rings. The van der Waals surface area contributed by atoms with Crippen LogP contribution in [0.4, 0.5) is 29.3 Å². The molecular formula is C26H28F3N3O3. The van der Waals surface area contributed by atoms with Crippen molar-refractivity contribution in [1.29, 1.82) is 0 Å². The predicted octanol–water partition coefficient (Wildman–Crippen LogP) is 6.59. The SMILES string of the molecule is C[C@@H](OC(=O)Nc1ccc(-c2c(N)c3ccc(OCC(F)(F)F)cc3n2CC2CC2)cc1)C1CC1. The second-order valence-corrected chi connectivity index (χ2v) is 9.55. The fraction of sp³-hybridized carbons (Fsp3) is 0.423. The van der Waals surface area contributed by atoms with E-state index in [1.165, 1.54) is 6.07 Å². The van der Waals surface area contributed by atoms with Crippen LogP contribution >= 0.6 is 0 Å². The van der Waals surface area contributed by atoms with Gasteiger partial charge in [0.05, 0.1) is 16.9 Å². The molecule has 0 aliphatic heterocycles. The van der Waals surface area contributed by atoms with E-state index in [0.29, 0.717) is 23.2 Å². The minimum Gasteiger partial charge on any atom is -0.484 e. The zero-order chi connectivity index (χ0) is 24.7. The molecule has 1 atom stereocenters. The first kappa shape index (κ1) is 23.4. The van der Waals surface area contributed by atoms with E-state index in [0.717, 1.165) is 54.4 Å². The molecule has 5 rings (SSSR count). The monoisotopic (exact) mass is 487 g/mol. The van der Waals surface area contributed by atoms with Gasteiger partial charge in [0.25, 0.3) is 0 Å². The zero-order valence-electron chi connectivity index (χ0n) is 19.4. The van der Waals surface area contributed by atoms with Gasteiger partial charge in [0.1, 0.15) is 11.9 Å². The number of nitrogen functional groups attached to an aromatic ring is 1. The highest BCUT2D eigenvalue weighted by Gasteiger charge is 2.31. The Morgan fingerprint density at radius 3 is 2.49 bits per heavy atom. The molecule has 0 bridgehead atoms. The smallest absolute Gasteiger partial charge is 0.422 e. The van der Waals surface area contributed by atoms with Crippen LogP contribution in [-0.4, -0.2) is 29.5 Å². The first-order chi connectivity index (χ1) is 16.7. The van der Waals surface area contributed by atoms with E-state index in [9.17, 15) is 18.0 Å². The van der Waals surface area contributed by atoms with E-state index >= 15 is 0 Å². The molecule has 3 aromatic rings. The molecule has 2 aliphatic carbocycles. The number of carbonyl (C=O) groups excluding carboxylic acids is 1. The summed E-state index contributed by atoms with van der Waals surface area (Å²) in [5, 5.41) is 3.52. The summed E-state index contributed by atoms with van der Waals surface area (Å²) in [7, 11) is 0. The van der Waals surface area contributed by atoms with E-state index in [-0.39, 0.29) is 11.9 Å². The predicted molar refractivity (Wildman–Crippen MR) is 128 cm³/mol. The Bertz CT molecular complexity index is 1230. The van der Waals surface area contributed by atoms with Gasteiger partial charge in [0, 0.05) is 29.2 Å². The van der Waals surface area contributed by atoms with Gasteiger partial charge in [-0.3, -0.25) is 5.32 Å². The van der Waals surface area contributed by atoms with Crippen LogP contribution in [0.15, 0.2) is 42.5 Å². The van der Waals surface area contributed by atoms with Crippen molar-refractivity contribution in [3.8, 4) is 17.0 Å². The van der Waals surface area contributed by atoms with Crippen molar-refractivity contribution in [2.75, 3.05) is 17.7 Å². The van der Waals surface area contributed by atoms with Crippen LogP contribution in [0, 0.1) is 11.8 Å². The number of hydrogen-bond acceptors (Lipinski definition) is 4. The van der Waals surface area contributed by atoms with Crippen LogP contribution in [0.3, 0.4) is 0 Å². The Morgan fingerprint density at radius 1 is 1.14 bits per heavy atom. The number of ether oxygens (including phenoxy) is 2. The van der Waals surface area contributed by atoms with Crippen LogP contribution in [0.2, 0.25) is 0 Å². The molecule has 1 aromatic heterocycles. The molecule has 2 saturated carbocycles. The highest BCUT2D eigenvalue weighted by molar-refractivity contribution is 6.01. The molecule has 0 saturated heterocycles. The van der Waals surface area contributed by atoms with Gasteiger partial charge in [-0.1, -0.05) is 12.1 Å². The van der Waals surface area contributed by atoms with Gasteiger partial charge in [0.15, 0.2) is 6.61 Å². The lowest BCUT2D eigenvalue weighted by Gasteiger charge is -2.14. The van der Waals surface area contributed by atoms with Crippen molar-refractivity contribution in [1.82, 2.24) is 4.57 Å². The maximum absolute atomic E-state index is 12.6. The third-order valence-electron chi connectivity index (χ3n) is 6.60. The number of nitrogens with one attached hydrogen (secondary N) is 1. The molecule has 35 heavy (non-hydrogen) atoms. The van der Waals surface area contributed by atoms with Gasteiger partial charge in [-0.2, -0.15) is 13.2 Å². The maximum Gasteiger partial charge on any atom is 0.422 e. The Kier molecular flexibility index (Phi) is 6.02. The Hall–Kier alpha value is -3.36. The summed E-state index contributed by atoms with van der Waals surface area (Å²) in [6.07, 6.45) is -0.595. The van der Waals surface area contributed by atoms with Gasteiger partial charge in [0.2, 0.25) is 0 Å². The van der Waals surface area contributed by atoms with E-state index < -0.39 is 18.9 Å². The number of nitrogens with two attached hydrogens (primary N) is 1. The van der Waals surface area contributed by atoms with Crippen LogP contribution in [0.25, 0.3) is 22.2 Å². The Balaban J connectivity index is 1.41. The number of carbonyl (C=O) groups is 1. The summed E-state index contributed by atoms with van der Waals surface area (Å²) in [5.41, 5.74) is 10.1. The van der Waals surface area contributed by atoms with E-state index in [4.69, 9.17) is 15.2 Å². The van der Waals surface area contributed by atoms with Crippen molar-refractivity contribution < 1.29 is 27.4 Å². The van der Waals surface area contributed by atoms with E-state index in [2.05, 4.69) is 9.88 Å². The number of halogens is 3. The number of benzene rings is 2. The van der Waals surface area contributed by atoms with Crippen molar-refractivity contribution in [2.45, 2.75) is 51.4 Å². The molecule has 1 amide bonds. The van der Waals surface area contributed by atoms with E-state index in [1.54, 1.807) is 24.3 Å². The second-order valence-electron chi connectivity index (χ2n) is 9.55. The molecule has 186 valence electrons. The van der Waals surface area contributed by atoms with Crippen molar-refractivity contribution in [2.24, 2.45) is 11.8 Å². The average Bonchev–Trinajstić information content (AvgIpc) is 3.72. The summed E-state index contributed by atoms with van der Waals surface area (Å²) in [4.78, 5) is 12.2. The van der Waals surface area contributed by atoms with Crippen molar-refractivity contribution in [3.05, 3.63) is 42.5 Å². The van der Waals surface area contributed by atoms with Crippen LogP contribution in [-0.2, 0) is 11.3 Å². The summed E-state index contributed by atoms with van der Waals surface area (Å²) in [5.74, 6) is 1.11. The Labute approximate surface area is 201 Å². The molecule has 1 heterocycles. The highest BCUT2D eigenvalue weighted by atomic mass is 19.4. The van der Waals surface area contributed by atoms with Gasteiger partial charge in [-0.15, -0.1) is 0 Å². The van der Waals surface area contributed by atoms with Gasteiger partial charge in [-0.05, 0) is 68.7 Å². The maximum atomic E-state index is 12.6. The molecule has 0 unspecified atom stereocenters. The summed E-state index contributed by atoms with van der Waals surface area (Å²) < 4.78 is 50.4. The number of rotatable bonds is 8. The minimum absolute atomic E-state index is 0.0998. The Morgan fingerprint density at radius 2 is 1.86 bits per heavy atom. The lowest BCUT2D eigenvalue weighted by molar-refractivity contribution is -0.153. The number of alkyl halides is 3. The van der Waals surface area contributed by atoms with Gasteiger partial charge >= 0.3 is 12.3 Å². The number of aromatic nitrogens is 1. The molecule has 6 nitrogen and oxygen atoms in total. The first-order valence-electron chi connectivity index (χ1n) is 11.9. The lowest BCUT2D eigenvalue weighted by Crippen LogP contribution is -2.21. The topological polar surface area (TPSA) is 78.5 Å². The fourth-order valence-corrected chi connectivity index (χ4v) is 4.36. The van der Waals surface area contributed by atoms with Gasteiger partial charge in [-0.25, -0.2) is 4.79 Å². The summed E-state index contributed by atoms with van der Waals surface area (Å²) in [6.45, 7) is 1.28. The zero-order valence-corrected chi connectivity index (χ0v) is 19.4. The third-order valence-corrected chi connectivity index (χ3v) is 6.60. The molecule has 9 heteroatoms. The fourth-order valence-electron chi connectivity index (χ4n) is 4.36. The molecule has 2 fully saturated rings. The number of fused-ring (bicyclic) bond motifs is 1. The third kappa shape index (κ3) is 5.49. The highest BCUT2D eigenvalue weighted by Crippen LogP contribution is 2.41. The largest absolute Gasteiger partial charge is 0.484 e. The van der Waals surface area contributed by atoms with Crippen LogP contribution in [0.5, 0.6) is 5.75 Å². The molecule has 0 spiro atoms. The van der Waals surface area contributed by atoms with Crippen molar-refractivity contribution in [3.63, 3.8) is 0 Å². The number of nitrogens with zero attached hydrogens (tertiary/aromatic N) is 1. The minimum atomic E-state index is -4.41. The average molecular weight is 488 g/mol. The normalized spacial score (nSPS) is 16.8. The summed E-state index contributed by atoms with van der Waals surface area (Å²) >= 11 is 0. The lowest BCUT2D eigenvalue weighted by atomic mass is 10.1.